The predicted molar refractivity (Wildman–Crippen MR) is 99.2 cm³/mol. The third-order valence-electron chi connectivity index (χ3n) is 4.78. The molecule has 0 bridgehead atoms. The van der Waals surface area contributed by atoms with Crippen molar-refractivity contribution in [3.63, 3.8) is 0 Å². The standard InChI is InChI=1S/C19H22F2N4O4/c1-24-10-13(17(23-24)18(20)21)19(27)22-8-16(26)25-5-4-11-6-14(28-2)15(29-3)7-12(11)9-25/h6-7,10,18H,4-5,8-9H2,1-3H3,(H,22,27). The van der Waals surface area contributed by atoms with Crippen LogP contribution in [0.25, 0.3) is 0 Å². The number of halogens is 2. The van der Waals surface area contributed by atoms with E-state index < -0.39 is 18.0 Å². The van der Waals surface area contributed by atoms with Gasteiger partial charge in [0.15, 0.2) is 11.5 Å². The van der Waals surface area contributed by atoms with Crippen molar-refractivity contribution in [2.75, 3.05) is 27.3 Å². The lowest BCUT2D eigenvalue weighted by Crippen LogP contribution is -2.42. The molecule has 2 heterocycles. The third kappa shape index (κ3) is 4.30. The molecule has 0 unspecified atom stereocenters. The van der Waals surface area contributed by atoms with E-state index >= 15 is 0 Å². The Morgan fingerprint density at radius 3 is 2.48 bits per heavy atom. The minimum atomic E-state index is -2.88. The van der Waals surface area contributed by atoms with Crippen LogP contribution in [0.1, 0.15) is 33.6 Å². The number of carbonyl (C=O) groups is 2. The number of aromatic nitrogens is 2. The van der Waals surface area contributed by atoms with Crippen molar-refractivity contribution in [1.29, 1.82) is 0 Å². The number of carbonyl (C=O) groups excluding carboxylic acids is 2. The van der Waals surface area contributed by atoms with Crippen molar-refractivity contribution in [3.8, 4) is 11.5 Å². The van der Waals surface area contributed by atoms with Crippen molar-refractivity contribution in [3.05, 3.63) is 40.7 Å². The Labute approximate surface area is 166 Å². The van der Waals surface area contributed by atoms with Gasteiger partial charge in [0.25, 0.3) is 12.3 Å². The molecule has 156 valence electrons. The summed E-state index contributed by atoms with van der Waals surface area (Å²) in [6.45, 7) is 0.547. The van der Waals surface area contributed by atoms with Gasteiger partial charge in [-0.2, -0.15) is 5.10 Å². The minimum absolute atomic E-state index is 0.240. The first-order valence-corrected chi connectivity index (χ1v) is 8.95. The molecule has 0 atom stereocenters. The number of hydrogen-bond donors (Lipinski definition) is 1. The van der Waals surface area contributed by atoms with Gasteiger partial charge in [-0.05, 0) is 29.7 Å². The molecular weight excluding hydrogens is 386 g/mol. The van der Waals surface area contributed by atoms with Crippen LogP contribution in [0.15, 0.2) is 18.3 Å². The number of nitrogens with one attached hydrogen (secondary N) is 1. The maximum Gasteiger partial charge on any atom is 0.282 e. The molecule has 1 aromatic heterocycles. The second-order valence-electron chi connectivity index (χ2n) is 6.63. The Balaban J connectivity index is 1.65. The molecule has 2 aromatic rings. The van der Waals surface area contributed by atoms with E-state index in [0.29, 0.717) is 31.0 Å². The van der Waals surface area contributed by atoms with Crippen molar-refractivity contribution < 1.29 is 27.8 Å². The normalized spacial score (nSPS) is 13.2. The molecule has 2 amide bonds. The highest BCUT2D eigenvalue weighted by atomic mass is 19.3. The summed E-state index contributed by atoms with van der Waals surface area (Å²) in [5.74, 6) is 0.140. The fourth-order valence-corrected chi connectivity index (χ4v) is 3.30. The predicted octanol–water partition coefficient (Wildman–Crippen LogP) is 1.69. The Bertz CT molecular complexity index is 929. The number of nitrogens with zero attached hydrogens (tertiary/aromatic N) is 3. The smallest absolute Gasteiger partial charge is 0.282 e. The molecule has 1 N–H and O–H groups in total. The average molecular weight is 408 g/mol. The van der Waals surface area contributed by atoms with E-state index in [1.807, 2.05) is 12.1 Å². The highest BCUT2D eigenvalue weighted by Gasteiger charge is 2.25. The van der Waals surface area contributed by atoms with Crippen LogP contribution in [0.2, 0.25) is 0 Å². The number of ether oxygens (including phenoxy) is 2. The van der Waals surface area contributed by atoms with E-state index in [-0.39, 0.29) is 18.0 Å². The van der Waals surface area contributed by atoms with Crippen molar-refractivity contribution in [1.82, 2.24) is 20.0 Å². The van der Waals surface area contributed by atoms with Gasteiger partial charge in [0.1, 0.15) is 5.69 Å². The maximum absolute atomic E-state index is 13.0. The van der Waals surface area contributed by atoms with Crippen LogP contribution in [0.3, 0.4) is 0 Å². The molecule has 1 aromatic carbocycles. The second kappa shape index (κ2) is 8.46. The number of aryl methyl sites for hydroxylation is 1. The zero-order chi connectivity index (χ0) is 21.1. The van der Waals surface area contributed by atoms with Crippen molar-refractivity contribution in [2.45, 2.75) is 19.4 Å². The lowest BCUT2D eigenvalue weighted by Gasteiger charge is -2.29. The first kappa shape index (κ1) is 20.6. The van der Waals surface area contributed by atoms with E-state index in [0.717, 1.165) is 15.8 Å². The van der Waals surface area contributed by atoms with E-state index in [1.54, 1.807) is 12.0 Å². The summed E-state index contributed by atoms with van der Waals surface area (Å²) in [6, 6.07) is 3.72. The largest absolute Gasteiger partial charge is 0.493 e. The number of methoxy groups -OCH3 is 2. The van der Waals surface area contributed by atoms with Gasteiger partial charge in [0.2, 0.25) is 5.91 Å². The first-order valence-electron chi connectivity index (χ1n) is 8.95. The zero-order valence-corrected chi connectivity index (χ0v) is 16.4. The molecule has 1 aliphatic rings. The van der Waals surface area contributed by atoms with Crippen molar-refractivity contribution >= 4 is 11.8 Å². The average Bonchev–Trinajstić information content (AvgIpc) is 3.12. The zero-order valence-electron chi connectivity index (χ0n) is 16.4. The molecule has 8 nitrogen and oxygen atoms in total. The summed E-state index contributed by atoms with van der Waals surface area (Å²) in [7, 11) is 4.55. The van der Waals surface area contributed by atoms with Crippen LogP contribution in [-0.4, -0.2) is 53.8 Å². The molecule has 0 saturated carbocycles. The fourth-order valence-electron chi connectivity index (χ4n) is 3.30. The number of rotatable bonds is 6. The van der Waals surface area contributed by atoms with E-state index in [2.05, 4.69) is 10.4 Å². The highest BCUT2D eigenvalue weighted by Crippen LogP contribution is 2.33. The van der Waals surface area contributed by atoms with E-state index in [9.17, 15) is 18.4 Å². The molecule has 0 fully saturated rings. The Hall–Kier alpha value is -3.17. The van der Waals surface area contributed by atoms with Crippen LogP contribution < -0.4 is 14.8 Å². The van der Waals surface area contributed by atoms with Crippen LogP contribution in [0.4, 0.5) is 8.78 Å². The van der Waals surface area contributed by atoms with Gasteiger partial charge < -0.3 is 19.7 Å². The first-order chi connectivity index (χ1) is 13.8. The molecule has 0 saturated heterocycles. The summed E-state index contributed by atoms with van der Waals surface area (Å²) >= 11 is 0. The van der Waals surface area contributed by atoms with E-state index in [1.165, 1.54) is 20.4 Å². The molecule has 3 rings (SSSR count). The van der Waals surface area contributed by atoms with Gasteiger partial charge in [-0.25, -0.2) is 8.78 Å². The van der Waals surface area contributed by atoms with E-state index in [4.69, 9.17) is 9.47 Å². The Morgan fingerprint density at radius 1 is 1.21 bits per heavy atom. The van der Waals surface area contributed by atoms with Crippen molar-refractivity contribution in [2.24, 2.45) is 7.05 Å². The molecule has 10 heteroatoms. The lowest BCUT2D eigenvalue weighted by atomic mass is 9.98. The molecule has 0 spiro atoms. The molecular formula is C19H22F2N4O4. The van der Waals surface area contributed by atoms with Gasteiger partial charge >= 0.3 is 0 Å². The molecule has 29 heavy (non-hydrogen) atoms. The van der Waals surface area contributed by atoms with Crippen LogP contribution in [0, 0.1) is 0 Å². The summed E-state index contributed by atoms with van der Waals surface area (Å²) in [5, 5.41) is 6.00. The topological polar surface area (TPSA) is 85.7 Å². The van der Waals surface area contributed by atoms with Gasteiger partial charge in [0, 0.05) is 26.3 Å². The molecule has 1 aliphatic heterocycles. The quantitative estimate of drug-likeness (QED) is 0.786. The van der Waals surface area contributed by atoms with Gasteiger partial charge in [-0.3, -0.25) is 14.3 Å². The third-order valence-corrected chi connectivity index (χ3v) is 4.78. The second-order valence-corrected chi connectivity index (χ2v) is 6.63. The molecule has 0 radical (unpaired) electrons. The SMILES string of the molecule is COc1cc2c(cc1OC)CN(C(=O)CNC(=O)c1cn(C)nc1C(F)F)CC2. The van der Waals surface area contributed by atoms with Crippen LogP contribution >= 0.6 is 0 Å². The Morgan fingerprint density at radius 2 is 1.86 bits per heavy atom. The summed E-state index contributed by atoms with van der Waals surface area (Å²) in [4.78, 5) is 26.4. The fraction of sp³-hybridized carbons (Fsp3) is 0.421. The minimum Gasteiger partial charge on any atom is -0.493 e. The highest BCUT2D eigenvalue weighted by molar-refractivity contribution is 5.97. The number of hydrogen-bond acceptors (Lipinski definition) is 5. The number of benzene rings is 1. The maximum atomic E-state index is 13.0. The molecule has 0 aliphatic carbocycles. The Kier molecular flexibility index (Phi) is 6.00. The number of amides is 2. The number of alkyl halides is 2. The lowest BCUT2D eigenvalue weighted by molar-refractivity contribution is -0.131. The summed E-state index contributed by atoms with van der Waals surface area (Å²) in [6.07, 6.45) is -1.04. The summed E-state index contributed by atoms with van der Waals surface area (Å²) < 4.78 is 37.7. The van der Waals surface area contributed by atoms with Crippen LogP contribution in [0.5, 0.6) is 11.5 Å². The van der Waals surface area contributed by atoms with Gasteiger partial charge in [-0.1, -0.05) is 0 Å². The van der Waals surface area contributed by atoms with Gasteiger partial charge in [-0.15, -0.1) is 0 Å². The number of fused-ring (bicyclic) bond motifs is 1. The van der Waals surface area contributed by atoms with Crippen LogP contribution in [-0.2, 0) is 24.8 Å². The monoisotopic (exact) mass is 408 g/mol. The summed E-state index contributed by atoms with van der Waals surface area (Å²) in [5.41, 5.74) is 1.15. The van der Waals surface area contributed by atoms with Gasteiger partial charge in [0.05, 0.1) is 26.3 Å².